The van der Waals surface area contributed by atoms with Gasteiger partial charge in [-0.05, 0) is 48.9 Å². The molecule has 0 saturated carbocycles. The summed E-state index contributed by atoms with van der Waals surface area (Å²) in [7, 11) is 0. The molecule has 0 spiro atoms. The van der Waals surface area contributed by atoms with E-state index in [9.17, 15) is 9.59 Å². The van der Waals surface area contributed by atoms with Gasteiger partial charge in [-0.2, -0.15) is 0 Å². The SMILES string of the molecule is Cc1cccc(OCC(=O)N[C@@H]2CC(=O)N(c3ccc(Cl)cc3)C2)c1. The van der Waals surface area contributed by atoms with Crippen LogP contribution in [0.5, 0.6) is 5.75 Å². The minimum atomic E-state index is -0.239. The number of anilines is 1. The molecule has 1 fully saturated rings. The van der Waals surface area contributed by atoms with Crippen molar-refractivity contribution >= 4 is 29.1 Å². The van der Waals surface area contributed by atoms with Crippen LogP contribution in [0.1, 0.15) is 12.0 Å². The largest absolute Gasteiger partial charge is 0.484 e. The van der Waals surface area contributed by atoms with Crippen LogP contribution in [0.15, 0.2) is 48.5 Å². The Bertz CT molecular complexity index is 776. The zero-order valence-corrected chi connectivity index (χ0v) is 14.6. The van der Waals surface area contributed by atoms with Crippen molar-refractivity contribution in [2.24, 2.45) is 0 Å². The Hall–Kier alpha value is -2.53. The number of rotatable bonds is 5. The fourth-order valence-corrected chi connectivity index (χ4v) is 2.92. The van der Waals surface area contributed by atoms with Crippen molar-refractivity contribution in [2.45, 2.75) is 19.4 Å². The summed E-state index contributed by atoms with van der Waals surface area (Å²) in [6, 6.07) is 14.4. The van der Waals surface area contributed by atoms with Crippen LogP contribution in [0, 0.1) is 6.92 Å². The lowest BCUT2D eigenvalue weighted by atomic mass is 10.2. The summed E-state index contributed by atoms with van der Waals surface area (Å²) in [6.07, 6.45) is 0.277. The van der Waals surface area contributed by atoms with E-state index < -0.39 is 0 Å². The summed E-state index contributed by atoms with van der Waals surface area (Å²) in [5, 5.41) is 3.47. The first-order valence-electron chi connectivity index (χ1n) is 8.06. The number of carbonyl (C=O) groups excluding carboxylic acids is 2. The van der Waals surface area contributed by atoms with Gasteiger partial charge < -0.3 is 15.0 Å². The molecule has 1 aliphatic heterocycles. The summed E-state index contributed by atoms with van der Waals surface area (Å²) in [4.78, 5) is 25.9. The van der Waals surface area contributed by atoms with Crippen molar-refractivity contribution < 1.29 is 14.3 Å². The average molecular weight is 359 g/mol. The summed E-state index contributed by atoms with van der Waals surface area (Å²) in [5.74, 6) is 0.393. The summed E-state index contributed by atoms with van der Waals surface area (Å²) < 4.78 is 5.49. The molecule has 25 heavy (non-hydrogen) atoms. The Morgan fingerprint density at radius 3 is 2.76 bits per heavy atom. The first kappa shape index (κ1) is 17.3. The highest BCUT2D eigenvalue weighted by Gasteiger charge is 2.31. The van der Waals surface area contributed by atoms with Gasteiger partial charge >= 0.3 is 0 Å². The molecule has 2 aromatic carbocycles. The summed E-state index contributed by atoms with van der Waals surface area (Å²) in [5.41, 5.74) is 1.85. The van der Waals surface area contributed by atoms with Gasteiger partial charge in [-0.25, -0.2) is 0 Å². The number of carbonyl (C=O) groups is 2. The fraction of sp³-hybridized carbons (Fsp3) is 0.263. The molecule has 1 heterocycles. The third-order valence-electron chi connectivity index (χ3n) is 3.99. The molecular weight excluding hydrogens is 340 g/mol. The van der Waals surface area contributed by atoms with Crippen LogP contribution in [-0.2, 0) is 9.59 Å². The molecule has 130 valence electrons. The smallest absolute Gasteiger partial charge is 0.258 e. The van der Waals surface area contributed by atoms with E-state index in [1.54, 1.807) is 29.2 Å². The molecule has 0 bridgehead atoms. The average Bonchev–Trinajstić information content (AvgIpc) is 2.94. The minimum Gasteiger partial charge on any atom is -0.484 e. The van der Waals surface area contributed by atoms with Crippen molar-refractivity contribution in [1.82, 2.24) is 5.32 Å². The highest BCUT2D eigenvalue weighted by atomic mass is 35.5. The molecule has 1 aliphatic rings. The number of halogens is 1. The normalized spacial score (nSPS) is 16.8. The number of ether oxygens (including phenoxy) is 1. The molecule has 0 aliphatic carbocycles. The van der Waals surface area contributed by atoms with Crippen LogP contribution in [0.25, 0.3) is 0 Å². The Morgan fingerprint density at radius 2 is 2.04 bits per heavy atom. The third kappa shape index (κ3) is 4.51. The Labute approximate surface area is 151 Å². The van der Waals surface area contributed by atoms with E-state index in [1.165, 1.54) is 0 Å². The number of hydrogen-bond acceptors (Lipinski definition) is 3. The van der Waals surface area contributed by atoms with Gasteiger partial charge in [-0.3, -0.25) is 9.59 Å². The van der Waals surface area contributed by atoms with Gasteiger partial charge in [-0.1, -0.05) is 23.7 Å². The van der Waals surface area contributed by atoms with Gasteiger partial charge in [0, 0.05) is 23.7 Å². The molecule has 0 radical (unpaired) electrons. The zero-order chi connectivity index (χ0) is 17.8. The number of nitrogens with one attached hydrogen (secondary N) is 1. The van der Waals surface area contributed by atoms with Crippen LogP contribution < -0.4 is 15.0 Å². The van der Waals surface area contributed by atoms with Gasteiger partial charge in [0.05, 0.1) is 6.04 Å². The van der Waals surface area contributed by atoms with Crippen molar-refractivity contribution in [1.29, 1.82) is 0 Å². The van der Waals surface area contributed by atoms with E-state index in [4.69, 9.17) is 16.3 Å². The van der Waals surface area contributed by atoms with Crippen LogP contribution in [0.4, 0.5) is 5.69 Å². The molecule has 2 amide bonds. The number of hydrogen-bond donors (Lipinski definition) is 1. The first-order valence-corrected chi connectivity index (χ1v) is 8.44. The molecule has 1 saturated heterocycles. The van der Waals surface area contributed by atoms with Crippen LogP contribution in [0.2, 0.25) is 5.02 Å². The summed E-state index contributed by atoms with van der Waals surface area (Å²) in [6.45, 7) is 2.33. The molecule has 5 nitrogen and oxygen atoms in total. The van der Waals surface area contributed by atoms with E-state index in [1.807, 2.05) is 31.2 Å². The first-order chi connectivity index (χ1) is 12.0. The predicted molar refractivity (Wildman–Crippen MR) is 97.0 cm³/mol. The molecule has 0 unspecified atom stereocenters. The van der Waals surface area contributed by atoms with E-state index >= 15 is 0 Å². The van der Waals surface area contributed by atoms with Crippen LogP contribution in [-0.4, -0.2) is 31.0 Å². The minimum absolute atomic E-state index is 0.0211. The molecule has 1 N–H and O–H groups in total. The Morgan fingerprint density at radius 1 is 1.28 bits per heavy atom. The molecule has 0 aromatic heterocycles. The standard InChI is InChI=1S/C19H19ClN2O3/c1-13-3-2-4-17(9-13)25-12-18(23)21-15-10-19(24)22(11-15)16-7-5-14(20)6-8-16/h2-9,15H,10-12H2,1H3,(H,21,23)/t15-/m1/s1. The van der Waals surface area contributed by atoms with Crippen LogP contribution in [0.3, 0.4) is 0 Å². The maximum Gasteiger partial charge on any atom is 0.258 e. The van der Waals surface area contributed by atoms with Crippen molar-refractivity contribution in [3.63, 3.8) is 0 Å². The van der Waals surface area contributed by atoms with Gasteiger partial charge in [0.2, 0.25) is 5.91 Å². The Kier molecular flexibility index (Phi) is 5.24. The van der Waals surface area contributed by atoms with Gasteiger partial charge in [0.25, 0.3) is 5.91 Å². The highest BCUT2D eigenvalue weighted by molar-refractivity contribution is 6.30. The molecule has 6 heteroatoms. The molecule has 2 aromatic rings. The Balaban J connectivity index is 1.52. The third-order valence-corrected chi connectivity index (χ3v) is 4.24. The van der Waals surface area contributed by atoms with E-state index in [0.717, 1.165) is 11.3 Å². The van der Waals surface area contributed by atoms with Crippen molar-refractivity contribution in [3.8, 4) is 5.75 Å². The lowest BCUT2D eigenvalue weighted by Crippen LogP contribution is -2.39. The second-order valence-corrected chi connectivity index (χ2v) is 6.49. The van der Waals surface area contributed by atoms with Crippen molar-refractivity contribution in [3.05, 3.63) is 59.1 Å². The van der Waals surface area contributed by atoms with E-state index in [-0.39, 0.29) is 30.9 Å². The second-order valence-electron chi connectivity index (χ2n) is 6.05. The monoisotopic (exact) mass is 358 g/mol. The lowest BCUT2D eigenvalue weighted by molar-refractivity contribution is -0.123. The predicted octanol–water partition coefficient (Wildman–Crippen LogP) is 2.95. The quantitative estimate of drug-likeness (QED) is 0.894. The van der Waals surface area contributed by atoms with Gasteiger partial charge in [-0.15, -0.1) is 0 Å². The number of nitrogens with zero attached hydrogens (tertiary/aromatic N) is 1. The van der Waals surface area contributed by atoms with E-state index in [2.05, 4.69) is 5.32 Å². The molecule has 3 rings (SSSR count). The van der Waals surface area contributed by atoms with Crippen LogP contribution >= 0.6 is 11.6 Å². The lowest BCUT2D eigenvalue weighted by Gasteiger charge is -2.17. The maximum atomic E-state index is 12.2. The van der Waals surface area contributed by atoms with E-state index in [0.29, 0.717) is 17.3 Å². The summed E-state index contributed by atoms with van der Waals surface area (Å²) >= 11 is 5.87. The topological polar surface area (TPSA) is 58.6 Å². The highest BCUT2D eigenvalue weighted by Crippen LogP contribution is 2.23. The number of benzene rings is 2. The van der Waals surface area contributed by atoms with Gasteiger partial charge in [0.1, 0.15) is 5.75 Å². The molecular formula is C19H19ClN2O3. The number of aryl methyl sites for hydroxylation is 1. The van der Waals surface area contributed by atoms with Gasteiger partial charge in [0.15, 0.2) is 6.61 Å². The second kappa shape index (κ2) is 7.57. The fourth-order valence-electron chi connectivity index (χ4n) is 2.80. The maximum absolute atomic E-state index is 12.2. The molecule has 1 atom stereocenters. The number of amides is 2. The zero-order valence-electron chi connectivity index (χ0n) is 13.9. The van der Waals surface area contributed by atoms with Crippen molar-refractivity contribution in [2.75, 3.05) is 18.1 Å².